The molecule has 1 N–H and O–H groups in total. The number of β-amino-alcohol motifs (C(OH)–C–C–N with tert-alkyl or cyclic N) is 1. The SMILES string of the molecule is CC(O)CN1CCC(C2CCN(C)CC2)CC1. The van der Waals surface area contributed by atoms with Gasteiger partial charge in [-0.25, -0.2) is 0 Å². The largest absolute Gasteiger partial charge is 0.392 e. The maximum absolute atomic E-state index is 9.40. The Balaban J connectivity index is 1.71. The van der Waals surface area contributed by atoms with Crippen molar-refractivity contribution in [1.82, 2.24) is 9.80 Å². The predicted octanol–water partition coefficient (Wildman–Crippen LogP) is 1.42. The van der Waals surface area contributed by atoms with Crippen LogP contribution in [-0.4, -0.2) is 60.8 Å². The van der Waals surface area contributed by atoms with Crippen LogP contribution in [0, 0.1) is 11.8 Å². The van der Waals surface area contributed by atoms with Crippen molar-refractivity contribution in [3.63, 3.8) is 0 Å². The van der Waals surface area contributed by atoms with Crippen molar-refractivity contribution in [3.05, 3.63) is 0 Å². The lowest BCUT2D eigenvalue weighted by Gasteiger charge is -2.39. The second-order valence-corrected chi connectivity index (χ2v) is 6.13. The zero-order chi connectivity index (χ0) is 12.3. The van der Waals surface area contributed by atoms with Crippen LogP contribution >= 0.6 is 0 Å². The third-order valence-electron chi connectivity index (χ3n) is 4.58. The molecule has 2 heterocycles. The molecule has 0 spiro atoms. The van der Waals surface area contributed by atoms with E-state index in [4.69, 9.17) is 0 Å². The summed E-state index contributed by atoms with van der Waals surface area (Å²) in [6.07, 6.45) is 5.33. The van der Waals surface area contributed by atoms with Crippen LogP contribution in [0.15, 0.2) is 0 Å². The Labute approximate surface area is 106 Å². The minimum absolute atomic E-state index is 0.171. The highest BCUT2D eigenvalue weighted by Crippen LogP contribution is 2.32. The molecule has 0 aromatic carbocycles. The highest BCUT2D eigenvalue weighted by molar-refractivity contribution is 4.81. The van der Waals surface area contributed by atoms with Gasteiger partial charge in [0.25, 0.3) is 0 Å². The van der Waals surface area contributed by atoms with Crippen LogP contribution < -0.4 is 0 Å². The van der Waals surface area contributed by atoms with Gasteiger partial charge in [0, 0.05) is 6.54 Å². The van der Waals surface area contributed by atoms with E-state index in [0.29, 0.717) is 0 Å². The first-order valence-electron chi connectivity index (χ1n) is 7.24. The summed E-state index contributed by atoms with van der Waals surface area (Å²) < 4.78 is 0. The Bertz CT molecular complexity index is 216. The van der Waals surface area contributed by atoms with E-state index in [9.17, 15) is 5.11 Å². The fourth-order valence-corrected chi connectivity index (χ4v) is 3.48. The van der Waals surface area contributed by atoms with Gasteiger partial charge in [0.05, 0.1) is 6.10 Å². The number of rotatable bonds is 3. The normalized spacial score (nSPS) is 28.4. The lowest BCUT2D eigenvalue weighted by Crippen LogP contribution is -2.41. The molecule has 0 aromatic rings. The van der Waals surface area contributed by atoms with Gasteiger partial charge in [-0.3, -0.25) is 0 Å². The Morgan fingerprint density at radius 2 is 1.47 bits per heavy atom. The van der Waals surface area contributed by atoms with Gasteiger partial charge in [-0.05, 0) is 77.7 Å². The summed E-state index contributed by atoms with van der Waals surface area (Å²) >= 11 is 0. The van der Waals surface area contributed by atoms with Crippen LogP contribution in [0.25, 0.3) is 0 Å². The summed E-state index contributed by atoms with van der Waals surface area (Å²) in [7, 11) is 2.24. The van der Waals surface area contributed by atoms with E-state index in [2.05, 4.69) is 16.8 Å². The van der Waals surface area contributed by atoms with Crippen LogP contribution in [0.1, 0.15) is 32.6 Å². The monoisotopic (exact) mass is 240 g/mol. The van der Waals surface area contributed by atoms with Crippen LogP contribution in [0.4, 0.5) is 0 Å². The average molecular weight is 240 g/mol. The highest BCUT2D eigenvalue weighted by Gasteiger charge is 2.28. The molecule has 0 bridgehead atoms. The Morgan fingerprint density at radius 3 is 1.94 bits per heavy atom. The van der Waals surface area contributed by atoms with Crippen LogP contribution in [-0.2, 0) is 0 Å². The Hall–Kier alpha value is -0.120. The van der Waals surface area contributed by atoms with E-state index < -0.39 is 0 Å². The molecule has 100 valence electrons. The molecule has 1 atom stereocenters. The van der Waals surface area contributed by atoms with E-state index >= 15 is 0 Å². The predicted molar refractivity (Wildman–Crippen MR) is 71.1 cm³/mol. The molecule has 2 saturated heterocycles. The van der Waals surface area contributed by atoms with Crippen LogP contribution in [0.2, 0.25) is 0 Å². The molecule has 2 fully saturated rings. The number of aliphatic hydroxyl groups is 1. The fraction of sp³-hybridized carbons (Fsp3) is 1.00. The number of hydrogen-bond donors (Lipinski definition) is 1. The van der Waals surface area contributed by atoms with Gasteiger partial charge in [-0.2, -0.15) is 0 Å². The van der Waals surface area contributed by atoms with Crippen molar-refractivity contribution in [2.75, 3.05) is 39.8 Å². The molecule has 0 saturated carbocycles. The highest BCUT2D eigenvalue weighted by atomic mass is 16.3. The summed E-state index contributed by atoms with van der Waals surface area (Å²) in [6, 6.07) is 0. The molecule has 17 heavy (non-hydrogen) atoms. The molecule has 3 nitrogen and oxygen atoms in total. The smallest absolute Gasteiger partial charge is 0.0639 e. The first-order valence-corrected chi connectivity index (χ1v) is 7.24. The second kappa shape index (κ2) is 6.17. The summed E-state index contributed by atoms with van der Waals surface area (Å²) in [6.45, 7) is 7.73. The van der Waals surface area contributed by atoms with Gasteiger partial charge < -0.3 is 14.9 Å². The zero-order valence-corrected chi connectivity index (χ0v) is 11.4. The van der Waals surface area contributed by atoms with Crippen LogP contribution in [0.5, 0.6) is 0 Å². The molecule has 3 heteroatoms. The van der Waals surface area contributed by atoms with Gasteiger partial charge >= 0.3 is 0 Å². The Morgan fingerprint density at radius 1 is 1.00 bits per heavy atom. The van der Waals surface area contributed by atoms with Crippen molar-refractivity contribution >= 4 is 0 Å². The minimum atomic E-state index is -0.171. The van der Waals surface area contributed by atoms with Crippen molar-refractivity contribution in [2.45, 2.75) is 38.7 Å². The topological polar surface area (TPSA) is 26.7 Å². The first-order chi connectivity index (χ1) is 8.15. The third-order valence-corrected chi connectivity index (χ3v) is 4.58. The van der Waals surface area contributed by atoms with E-state index in [1.807, 2.05) is 6.92 Å². The fourth-order valence-electron chi connectivity index (χ4n) is 3.48. The zero-order valence-electron chi connectivity index (χ0n) is 11.4. The number of piperidine rings is 2. The van der Waals surface area contributed by atoms with Crippen molar-refractivity contribution < 1.29 is 5.11 Å². The molecule has 0 radical (unpaired) electrons. The van der Waals surface area contributed by atoms with Gasteiger partial charge in [-0.1, -0.05) is 0 Å². The summed E-state index contributed by atoms with van der Waals surface area (Å²) in [5.41, 5.74) is 0. The minimum Gasteiger partial charge on any atom is -0.392 e. The average Bonchev–Trinajstić information content (AvgIpc) is 2.30. The maximum atomic E-state index is 9.40. The van der Waals surface area contributed by atoms with Gasteiger partial charge in [0.15, 0.2) is 0 Å². The lowest BCUT2D eigenvalue weighted by molar-refractivity contribution is 0.0728. The van der Waals surface area contributed by atoms with E-state index in [1.165, 1.54) is 51.9 Å². The van der Waals surface area contributed by atoms with Gasteiger partial charge in [0.2, 0.25) is 0 Å². The molecule has 2 aliphatic heterocycles. The van der Waals surface area contributed by atoms with Gasteiger partial charge in [0.1, 0.15) is 0 Å². The number of likely N-dealkylation sites (tertiary alicyclic amines) is 2. The number of aliphatic hydroxyl groups excluding tert-OH is 1. The summed E-state index contributed by atoms with van der Waals surface area (Å²) in [5, 5.41) is 9.40. The standard InChI is InChI=1S/C14H28N2O/c1-12(17)11-16-9-5-14(6-10-16)13-3-7-15(2)8-4-13/h12-14,17H,3-11H2,1-2H3. The molecular formula is C14H28N2O. The van der Waals surface area contributed by atoms with Crippen molar-refractivity contribution in [3.8, 4) is 0 Å². The third kappa shape index (κ3) is 3.94. The molecule has 0 aromatic heterocycles. The molecule has 2 rings (SSSR count). The molecular weight excluding hydrogens is 212 g/mol. The molecule has 2 aliphatic rings. The van der Waals surface area contributed by atoms with E-state index in [1.54, 1.807) is 0 Å². The van der Waals surface area contributed by atoms with Crippen LogP contribution in [0.3, 0.4) is 0 Å². The summed E-state index contributed by atoms with van der Waals surface area (Å²) in [5.74, 6) is 1.92. The first kappa shape index (κ1) is 13.3. The van der Waals surface area contributed by atoms with Gasteiger partial charge in [-0.15, -0.1) is 0 Å². The van der Waals surface area contributed by atoms with Crippen molar-refractivity contribution in [2.24, 2.45) is 11.8 Å². The quantitative estimate of drug-likeness (QED) is 0.808. The lowest BCUT2D eigenvalue weighted by atomic mass is 9.79. The van der Waals surface area contributed by atoms with E-state index in [0.717, 1.165) is 18.4 Å². The molecule has 0 amide bonds. The Kier molecular flexibility index (Phi) is 4.83. The van der Waals surface area contributed by atoms with Crippen molar-refractivity contribution in [1.29, 1.82) is 0 Å². The number of nitrogens with zero attached hydrogens (tertiary/aromatic N) is 2. The second-order valence-electron chi connectivity index (χ2n) is 6.13. The maximum Gasteiger partial charge on any atom is 0.0639 e. The molecule has 1 unspecified atom stereocenters. The number of hydrogen-bond acceptors (Lipinski definition) is 3. The van der Waals surface area contributed by atoms with E-state index in [-0.39, 0.29) is 6.10 Å². The molecule has 0 aliphatic carbocycles. The summed E-state index contributed by atoms with van der Waals surface area (Å²) in [4.78, 5) is 4.88.